The van der Waals surface area contributed by atoms with Gasteiger partial charge in [-0.3, -0.25) is 9.63 Å². The van der Waals surface area contributed by atoms with E-state index in [1.807, 2.05) is 30.3 Å². The second-order valence-corrected chi connectivity index (χ2v) is 5.64. The van der Waals surface area contributed by atoms with Gasteiger partial charge in [-0.1, -0.05) is 30.3 Å². The average molecular weight is 312 g/mol. The van der Waals surface area contributed by atoms with Crippen LogP contribution in [-0.4, -0.2) is 5.91 Å². The highest BCUT2D eigenvalue weighted by Crippen LogP contribution is 2.20. The van der Waals surface area contributed by atoms with E-state index in [1.54, 1.807) is 11.4 Å². The maximum atomic E-state index is 11.6. The van der Waals surface area contributed by atoms with Crippen molar-refractivity contribution >= 4 is 33.2 Å². The minimum Gasteiger partial charge on any atom is -0.269 e. The van der Waals surface area contributed by atoms with Crippen LogP contribution in [0.15, 0.2) is 45.6 Å². The summed E-state index contributed by atoms with van der Waals surface area (Å²) in [6.45, 7) is 0.359. The summed E-state index contributed by atoms with van der Waals surface area (Å²) >= 11 is 4.77. The molecule has 0 aliphatic carbocycles. The summed E-state index contributed by atoms with van der Waals surface area (Å²) in [7, 11) is 0. The lowest BCUT2D eigenvalue weighted by Crippen LogP contribution is -2.22. The molecule has 0 fully saturated rings. The van der Waals surface area contributed by atoms with Gasteiger partial charge in [0.1, 0.15) is 0 Å². The zero-order valence-electron chi connectivity index (χ0n) is 8.85. The highest BCUT2D eigenvalue weighted by atomic mass is 79.9. The summed E-state index contributed by atoms with van der Waals surface area (Å²) in [5.74, 6) is -0.233. The third kappa shape index (κ3) is 3.66. The predicted octanol–water partition coefficient (Wildman–Crippen LogP) is 3.37. The Morgan fingerprint density at radius 1 is 1.35 bits per heavy atom. The lowest BCUT2D eigenvalue weighted by Gasteiger charge is -2.04. The van der Waals surface area contributed by atoms with E-state index in [0.717, 1.165) is 9.35 Å². The van der Waals surface area contributed by atoms with Crippen molar-refractivity contribution in [1.29, 1.82) is 0 Å². The van der Waals surface area contributed by atoms with E-state index in [9.17, 15) is 4.79 Å². The summed E-state index contributed by atoms with van der Waals surface area (Å²) < 4.78 is 0.922. The van der Waals surface area contributed by atoms with Gasteiger partial charge in [0.25, 0.3) is 5.91 Å². The molecule has 0 unspecified atom stereocenters. The van der Waals surface area contributed by atoms with Crippen molar-refractivity contribution in [1.82, 2.24) is 5.48 Å². The summed E-state index contributed by atoms with van der Waals surface area (Å²) in [5.41, 5.74) is 4.01. The second-order valence-electron chi connectivity index (χ2n) is 3.34. The standard InChI is InChI=1S/C12H10BrNO2S/c13-11-6-10(8-17-11)12(15)14-16-7-9-4-2-1-3-5-9/h1-6,8H,7H2,(H,14,15). The number of thiophene rings is 1. The van der Waals surface area contributed by atoms with E-state index < -0.39 is 0 Å². The van der Waals surface area contributed by atoms with Crippen molar-refractivity contribution in [2.75, 3.05) is 0 Å². The van der Waals surface area contributed by atoms with Gasteiger partial charge in [-0.25, -0.2) is 5.48 Å². The van der Waals surface area contributed by atoms with Crippen molar-refractivity contribution in [2.24, 2.45) is 0 Å². The Morgan fingerprint density at radius 2 is 2.12 bits per heavy atom. The fraction of sp³-hybridized carbons (Fsp3) is 0.0833. The van der Waals surface area contributed by atoms with Gasteiger partial charge in [0.05, 0.1) is 16.0 Å². The minimum atomic E-state index is -0.233. The zero-order chi connectivity index (χ0) is 12.1. The van der Waals surface area contributed by atoms with Gasteiger partial charge in [0, 0.05) is 5.38 Å². The summed E-state index contributed by atoms with van der Waals surface area (Å²) in [5, 5.41) is 1.77. The molecule has 0 aliphatic rings. The lowest BCUT2D eigenvalue weighted by atomic mass is 10.2. The molecule has 1 aromatic carbocycles. The number of carbonyl (C=O) groups is 1. The van der Waals surface area contributed by atoms with Gasteiger partial charge in [0.2, 0.25) is 0 Å². The third-order valence-electron chi connectivity index (χ3n) is 2.08. The van der Waals surface area contributed by atoms with E-state index >= 15 is 0 Å². The number of hydroxylamine groups is 1. The predicted molar refractivity (Wildman–Crippen MR) is 70.7 cm³/mol. The Kier molecular flexibility index (Phi) is 4.30. The van der Waals surface area contributed by atoms with Gasteiger partial charge in [-0.15, -0.1) is 11.3 Å². The van der Waals surface area contributed by atoms with E-state index in [2.05, 4.69) is 21.4 Å². The van der Waals surface area contributed by atoms with Gasteiger partial charge >= 0.3 is 0 Å². The van der Waals surface area contributed by atoms with Crippen LogP contribution < -0.4 is 5.48 Å². The number of nitrogens with one attached hydrogen (secondary N) is 1. The molecule has 0 aliphatic heterocycles. The van der Waals surface area contributed by atoms with Crippen molar-refractivity contribution < 1.29 is 9.63 Å². The molecular formula is C12H10BrNO2S. The molecule has 1 heterocycles. The third-order valence-corrected chi connectivity index (χ3v) is 3.58. The number of halogens is 1. The Labute approximate surface area is 112 Å². The number of amides is 1. The summed E-state index contributed by atoms with van der Waals surface area (Å²) in [6.07, 6.45) is 0. The van der Waals surface area contributed by atoms with Crippen LogP contribution in [0, 0.1) is 0 Å². The molecular weight excluding hydrogens is 302 g/mol. The van der Waals surface area contributed by atoms with Crippen molar-refractivity contribution in [2.45, 2.75) is 6.61 Å². The first-order valence-electron chi connectivity index (χ1n) is 4.96. The number of benzene rings is 1. The van der Waals surface area contributed by atoms with Gasteiger partial charge in [-0.2, -0.15) is 0 Å². The molecule has 5 heteroatoms. The van der Waals surface area contributed by atoms with Crippen molar-refractivity contribution in [3.63, 3.8) is 0 Å². The molecule has 3 nitrogen and oxygen atoms in total. The molecule has 88 valence electrons. The maximum absolute atomic E-state index is 11.6. The van der Waals surface area contributed by atoms with E-state index in [4.69, 9.17) is 4.84 Å². The highest BCUT2D eigenvalue weighted by molar-refractivity contribution is 9.11. The van der Waals surface area contributed by atoms with Gasteiger partial charge < -0.3 is 0 Å². The molecule has 1 aromatic heterocycles. The number of hydrogen-bond acceptors (Lipinski definition) is 3. The SMILES string of the molecule is O=C(NOCc1ccccc1)c1csc(Br)c1. The van der Waals surface area contributed by atoms with Crippen LogP contribution in [0.5, 0.6) is 0 Å². The van der Waals surface area contributed by atoms with Crippen LogP contribution >= 0.6 is 27.3 Å². The first-order valence-corrected chi connectivity index (χ1v) is 6.63. The summed E-state index contributed by atoms with van der Waals surface area (Å²) in [4.78, 5) is 16.7. The molecule has 1 amide bonds. The Hall–Kier alpha value is -1.17. The topological polar surface area (TPSA) is 38.3 Å². The molecule has 0 bridgehead atoms. The minimum absolute atomic E-state index is 0.233. The van der Waals surface area contributed by atoms with Crippen molar-refractivity contribution in [3.05, 3.63) is 56.7 Å². The maximum Gasteiger partial charge on any atom is 0.275 e. The first kappa shape index (κ1) is 12.3. The smallest absolute Gasteiger partial charge is 0.269 e. The largest absolute Gasteiger partial charge is 0.275 e. The van der Waals surface area contributed by atoms with Crippen LogP contribution in [-0.2, 0) is 11.4 Å². The van der Waals surface area contributed by atoms with Crippen LogP contribution in [0.3, 0.4) is 0 Å². The van der Waals surface area contributed by atoms with Crippen LogP contribution in [0.25, 0.3) is 0 Å². The van der Waals surface area contributed by atoms with Gasteiger partial charge in [0.15, 0.2) is 0 Å². The molecule has 0 spiro atoms. The average Bonchev–Trinajstić information content (AvgIpc) is 2.77. The normalized spacial score (nSPS) is 10.2. The summed E-state index contributed by atoms with van der Waals surface area (Å²) in [6, 6.07) is 11.4. The quantitative estimate of drug-likeness (QED) is 0.879. The first-order chi connectivity index (χ1) is 8.25. The molecule has 1 N–H and O–H groups in total. The van der Waals surface area contributed by atoms with Crippen LogP contribution in [0.1, 0.15) is 15.9 Å². The molecule has 0 saturated carbocycles. The Morgan fingerprint density at radius 3 is 2.76 bits per heavy atom. The molecule has 0 atom stereocenters. The number of carbonyl (C=O) groups excluding carboxylic acids is 1. The van der Waals surface area contributed by atoms with Crippen LogP contribution in [0.4, 0.5) is 0 Å². The lowest BCUT2D eigenvalue weighted by molar-refractivity contribution is 0.0234. The molecule has 2 rings (SSSR count). The highest BCUT2D eigenvalue weighted by Gasteiger charge is 2.07. The Bertz CT molecular complexity index is 498. The second kappa shape index (κ2) is 5.95. The van der Waals surface area contributed by atoms with E-state index in [0.29, 0.717) is 12.2 Å². The molecule has 17 heavy (non-hydrogen) atoms. The molecule has 0 saturated heterocycles. The zero-order valence-corrected chi connectivity index (χ0v) is 11.3. The number of rotatable bonds is 4. The van der Waals surface area contributed by atoms with Crippen LogP contribution in [0.2, 0.25) is 0 Å². The van der Waals surface area contributed by atoms with Crippen molar-refractivity contribution in [3.8, 4) is 0 Å². The fourth-order valence-corrected chi connectivity index (χ4v) is 2.38. The Balaban J connectivity index is 1.81. The molecule has 0 radical (unpaired) electrons. The van der Waals surface area contributed by atoms with Gasteiger partial charge in [-0.05, 0) is 27.6 Å². The van der Waals surface area contributed by atoms with E-state index in [1.165, 1.54) is 11.3 Å². The van der Waals surface area contributed by atoms with E-state index in [-0.39, 0.29) is 5.91 Å². The number of hydrogen-bond donors (Lipinski definition) is 1. The monoisotopic (exact) mass is 311 g/mol. The fourth-order valence-electron chi connectivity index (χ4n) is 1.25. The molecule has 2 aromatic rings.